The van der Waals surface area contributed by atoms with Gasteiger partial charge in [0.2, 0.25) is 0 Å². The van der Waals surface area contributed by atoms with E-state index in [0.29, 0.717) is 0 Å². The lowest BCUT2D eigenvalue weighted by molar-refractivity contribution is 1.10. The Hall–Kier alpha value is -6.85. The van der Waals surface area contributed by atoms with E-state index in [1.54, 1.807) is 0 Å². The molecule has 0 fully saturated rings. The smallest absolute Gasteiger partial charge is 0.145 e. The summed E-state index contributed by atoms with van der Waals surface area (Å²) < 4.78 is 4.32. The summed E-state index contributed by atoms with van der Waals surface area (Å²) in [6.07, 6.45) is 4.10. The molecule has 234 valence electrons. The van der Waals surface area contributed by atoms with E-state index in [9.17, 15) is 0 Å². The predicted molar refractivity (Wildman–Crippen MR) is 204 cm³/mol. The minimum absolute atomic E-state index is 0.904. The van der Waals surface area contributed by atoms with Crippen molar-refractivity contribution in [2.24, 2.45) is 0 Å². The van der Waals surface area contributed by atoms with E-state index < -0.39 is 0 Å². The summed E-state index contributed by atoms with van der Waals surface area (Å²) in [5.41, 5.74) is 12.3. The summed E-state index contributed by atoms with van der Waals surface area (Å²) in [5.74, 6) is 0.904. The minimum Gasteiger partial charge on any atom is -0.306 e. The second kappa shape index (κ2) is 11.4. The van der Waals surface area contributed by atoms with Gasteiger partial charge in [-0.05, 0) is 52.9 Å². The first-order valence-electron chi connectivity index (χ1n) is 16.8. The Morgan fingerprint density at radius 1 is 0.440 bits per heavy atom. The zero-order chi connectivity index (χ0) is 33.0. The van der Waals surface area contributed by atoms with Crippen molar-refractivity contribution in [2.75, 3.05) is 0 Å². The largest absolute Gasteiger partial charge is 0.306 e. The molecule has 10 rings (SSSR count). The second-order valence-corrected chi connectivity index (χ2v) is 12.6. The maximum atomic E-state index is 5.41. The number of para-hydroxylation sites is 2. The summed E-state index contributed by atoms with van der Waals surface area (Å²) in [6, 6.07) is 57.2. The van der Waals surface area contributed by atoms with Crippen LogP contribution in [-0.2, 0) is 0 Å². The molecule has 10 aromatic rings. The van der Waals surface area contributed by atoms with Crippen LogP contribution in [0.2, 0.25) is 0 Å². The normalized spacial score (nSPS) is 11.6. The molecule has 0 spiro atoms. The van der Waals surface area contributed by atoms with Crippen molar-refractivity contribution in [1.29, 1.82) is 0 Å². The van der Waals surface area contributed by atoms with E-state index in [4.69, 9.17) is 15.0 Å². The maximum Gasteiger partial charge on any atom is 0.145 e. The molecule has 0 aliphatic heterocycles. The molecule has 0 saturated carbocycles. The van der Waals surface area contributed by atoms with Crippen molar-refractivity contribution in [2.45, 2.75) is 0 Å². The molecule has 0 aliphatic carbocycles. The first-order valence-corrected chi connectivity index (χ1v) is 16.8. The lowest BCUT2D eigenvalue weighted by Crippen LogP contribution is -1.97. The molecule has 5 heteroatoms. The lowest BCUT2D eigenvalue weighted by Gasteiger charge is -2.13. The summed E-state index contributed by atoms with van der Waals surface area (Å²) >= 11 is 0. The monoisotopic (exact) mass is 639 g/mol. The van der Waals surface area contributed by atoms with E-state index in [0.717, 1.165) is 89.1 Å². The third kappa shape index (κ3) is 4.60. The van der Waals surface area contributed by atoms with Crippen molar-refractivity contribution in [3.63, 3.8) is 0 Å². The summed E-state index contributed by atoms with van der Waals surface area (Å²) in [4.78, 5) is 15.5. The standard InChI is InChI=1S/C45H29N5/c1-3-11-34(12-4-1)45-48-44-40(50(45)35-13-5-2-6-14-35)27-26-37-36-15-7-8-16-38(36)47-43(42(37)44)33-24-20-31(21-25-33)30-18-22-32(23-19-30)39-29-49-28-10-9-17-41(49)46-39/h1-29H. The van der Waals surface area contributed by atoms with Crippen LogP contribution in [0.4, 0.5) is 0 Å². The Kier molecular flexibility index (Phi) is 6.42. The van der Waals surface area contributed by atoms with Crippen LogP contribution >= 0.6 is 0 Å². The number of aromatic nitrogens is 5. The van der Waals surface area contributed by atoms with E-state index in [1.807, 2.05) is 36.5 Å². The number of hydrogen-bond acceptors (Lipinski definition) is 3. The Labute approximate surface area is 288 Å². The van der Waals surface area contributed by atoms with Crippen LogP contribution in [0.5, 0.6) is 0 Å². The van der Waals surface area contributed by atoms with Gasteiger partial charge in [-0.15, -0.1) is 0 Å². The molecule has 0 atom stereocenters. The van der Waals surface area contributed by atoms with Crippen LogP contribution in [-0.4, -0.2) is 23.9 Å². The Balaban J connectivity index is 1.13. The molecule has 5 nitrogen and oxygen atoms in total. The zero-order valence-electron chi connectivity index (χ0n) is 27.0. The van der Waals surface area contributed by atoms with Crippen molar-refractivity contribution >= 4 is 38.4 Å². The van der Waals surface area contributed by atoms with Gasteiger partial charge in [0.1, 0.15) is 11.5 Å². The highest BCUT2D eigenvalue weighted by Crippen LogP contribution is 2.40. The molecule has 0 amide bonds. The third-order valence-corrected chi connectivity index (χ3v) is 9.57. The molecule has 0 radical (unpaired) electrons. The number of imidazole rings is 2. The van der Waals surface area contributed by atoms with Gasteiger partial charge in [-0.1, -0.05) is 127 Å². The zero-order valence-corrected chi connectivity index (χ0v) is 27.0. The minimum atomic E-state index is 0.904. The molecule has 0 N–H and O–H groups in total. The molecule has 0 unspecified atom stereocenters. The number of rotatable bonds is 5. The van der Waals surface area contributed by atoms with E-state index in [-0.39, 0.29) is 0 Å². The first kappa shape index (κ1) is 28.2. The van der Waals surface area contributed by atoms with E-state index >= 15 is 0 Å². The Morgan fingerprint density at radius 3 is 1.86 bits per heavy atom. The lowest BCUT2D eigenvalue weighted by atomic mass is 9.96. The van der Waals surface area contributed by atoms with Crippen molar-refractivity contribution in [3.05, 3.63) is 176 Å². The summed E-state index contributed by atoms with van der Waals surface area (Å²) in [5, 5.41) is 3.31. The quantitative estimate of drug-likeness (QED) is 0.176. The topological polar surface area (TPSA) is 48.0 Å². The van der Waals surface area contributed by atoms with Gasteiger partial charge in [0, 0.05) is 45.5 Å². The van der Waals surface area contributed by atoms with Gasteiger partial charge in [-0.3, -0.25) is 4.57 Å². The van der Waals surface area contributed by atoms with Crippen molar-refractivity contribution < 1.29 is 0 Å². The molecule has 0 aliphatic rings. The number of nitrogens with zero attached hydrogens (tertiary/aromatic N) is 5. The van der Waals surface area contributed by atoms with Crippen LogP contribution in [0.25, 0.3) is 89.1 Å². The highest BCUT2D eigenvalue weighted by molar-refractivity contribution is 6.20. The van der Waals surface area contributed by atoms with Crippen LogP contribution in [0, 0.1) is 0 Å². The SMILES string of the molecule is c1ccc(-c2nc3c4c(-c5ccc(-c6ccc(-c7cn8ccccc8n7)cc6)cc5)nc5ccccc5c4ccc3n2-c2ccccc2)cc1. The Bertz CT molecular complexity index is 2800. The van der Waals surface area contributed by atoms with Gasteiger partial charge < -0.3 is 4.40 Å². The number of hydrogen-bond donors (Lipinski definition) is 0. The average molecular weight is 640 g/mol. The molecule has 50 heavy (non-hydrogen) atoms. The summed E-state index contributed by atoms with van der Waals surface area (Å²) in [6.45, 7) is 0. The average Bonchev–Trinajstić information content (AvgIpc) is 3.81. The van der Waals surface area contributed by atoms with Gasteiger partial charge in [0.05, 0.1) is 27.9 Å². The van der Waals surface area contributed by atoms with Gasteiger partial charge in [-0.2, -0.15) is 0 Å². The highest BCUT2D eigenvalue weighted by atomic mass is 15.1. The van der Waals surface area contributed by atoms with Crippen molar-refractivity contribution in [1.82, 2.24) is 23.9 Å². The number of fused-ring (bicyclic) bond motifs is 6. The maximum absolute atomic E-state index is 5.41. The molecular formula is C45H29N5. The number of pyridine rings is 2. The summed E-state index contributed by atoms with van der Waals surface area (Å²) in [7, 11) is 0. The number of benzene rings is 6. The third-order valence-electron chi connectivity index (χ3n) is 9.57. The van der Waals surface area contributed by atoms with Crippen molar-refractivity contribution in [3.8, 4) is 50.7 Å². The van der Waals surface area contributed by atoms with Crippen LogP contribution < -0.4 is 0 Å². The predicted octanol–water partition coefficient (Wildman–Crippen LogP) is 11.0. The molecule has 6 aromatic carbocycles. The van der Waals surface area contributed by atoms with Crippen LogP contribution in [0.3, 0.4) is 0 Å². The van der Waals surface area contributed by atoms with Crippen LogP contribution in [0.1, 0.15) is 0 Å². The molecule has 4 heterocycles. The van der Waals surface area contributed by atoms with Crippen LogP contribution in [0.15, 0.2) is 176 Å². The molecule has 0 bridgehead atoms. The van der Waals surface area contributed by atoms with Gasteiger partial charge in [-0.25, -0.2) is 15.0 Å². The fourth-order valence-electron chi connectivity index (χ4n) is 7.14. The van der Waals surface area contributed by atoms with Gasteiger partial charge >= 0.3 is 0 Å². The fourth-order valence-corrected chi connectivity index (χ4v) is 7.14. The van der Waals surface area contributed by atoms with E-state index in [2.05, 4.69) is 149 Å². The van der Waals surface area contributed by atoms with E-state index in [1.165, 1.54) is 0 Å². The highest BCUT2D eigenvalue weighted by Gasteiger charge is 2.20. The molecule has 0 saturated heterocycles. The van der Waals surface area contributed by atoms with Gasteiger partial charge in [0.25, 0.3) is 0 Å². The molecule has 4 aromatic heterocycles. The second-order valence-electron chi connectivity index (χ2n) is 12.6. The molecular weight excluding hydrogens is 611 g/mol. The Morgan fingerprint density at radius 2 is 1.10 bits per heavy atom. The fraction of sp³-hybridized carbons (Fsp3) is 0. The first-order chi connectivity index (χ1) is 24.8. The van der Waals surface area contributed by atoms with Gasteiger partial charge in [0.15, 0.2) is 0 Å².